The van der Waals surface area contributed by atoms with Crippen LogP contribution in [0.1, 0.15) is 15.9 Å². The Balaban J connectivity index is 1.92. The Morgan fingerprint density at radius 3 is 2.85 bits per heavy atom. The van der Waals surface area contributed by atoms with Crippen molar-refractivity contribution in [3.63, 3.8) is 0 Å². The Labute approximate surface area is 115 Å². The van der Waals surface area contributed by atoms with Crippen molar-refractivity contribution in [2.45, 2.75) is 6.54 Å². The molecule has 0 unspecified atom stereocenters. The van der Waals surface area contributed by atoms with E-state index in [1.807, 2.05) is 12.1 Å². The second-order valence-corrected chi connectivity index (χ2v) is 4.20. The zero-order valence-electron chi connectivity index (χ0n) is 10.7. The van der Waals surface area contributed by atoms with Gasteiger partial charge in [-0.05, 0) is 11.6 Å². The summed E-state index contributed by atoms with van der Waals surface area (Å²) in [5, 5.41) is 13.6. The molecule has 0 aliphatic heterocycles. The molecule has 1 aromatic carbocycles. The fourth-order valence-electron chi connectivity index (χ4n) is 1.72. The predicted molar refractivity (Wildman–Crippen MR) is 73.4 cm³/mol. The number of hydrogen-bond acceptors (Lipinski definition) is 5. The average molecular weight is 271 g/mol. The van der Waals surface area contributed by atoms with Crippen LogP contribution in [0.3, 0.4) is 0 Å². The maximum atomic E-state index is 11.9. The molecule has 2 rings (SSSR count). The van der Waals surface area contributed by atoms with Crippen molar-refractivity contribution >= 4 is 11.5 Å². The fraction of sp³-hybridized carbons (Fsp3) is 0.143. The number of nitro groups is 1. The van der Waals surface area contributed by atoms with Gasteiger partial charge in [0.15, 0.2) is 5.78 Å². The molecule has 1 heterocycles. The molecule has 6 heteroatoms. The van der Waals surface area contributed by atoms with Crippen LogP contribution in [0.5, 0.6) is 0 Å². The van der Waals surface area contributed by atoms with Crippen LogP contribution in [0.25, 0.3) is 0 Å². The van der Waals surface area contributed by atoms with Gasteiger partial charge in [-0.1, -0.05) is 18.2 Å². The molecule has 0 fully saturated rings. The summed E-state index contributed by atoms with van der Waals surface area (Å²) >= 11 is 0. The summed E-state index contributed by atoms with van der Waals surface area (Å²) in [5.41, 5.74) is 1.22. The topological polar surface area (TPSA) is 85.1 Å². The largest absolute Gasteiger partial charge is 0.306 e. The third-order valence-electron chi connectivity index (χ3n) is 2.72. The van der Waals surface area contributed by atoms with Gasteiger partial charge >= 0.3 is 0 Å². The highest BCUT2D eigenvalue weighted by Gasteiger charge is 2.10. The number of benzene rings is 1. The van der Waals surface area contributed by atoms with Gasteiger partial charge in [0.2, 0.25) is 0 Å². The van der Waals surface area contributed by atoms with Crippen molar-refractivity contribution in [2.75, 3.05) is 6.54 Å². The molecule has 102 valence electrons. The second-order valence-electron chi connectivity index (χ2n) is 4.20. The quantitative estimate of drug-likeness (QED) is 0.493. The van der Waals surface area contributed by atoms with Gasteiger partial charge < -0.3 is 5.32 Å². The number of non-ortho nitro benzene ring substituents is 1. The van der Waals surface area contributed by atoms with Gasteiger partial charge in [0.1, 0.15) is 0 Å². The molecule has 20 heavy (non-hydrogen) atoms. The zero-order valence-corrected chi connectivity index (χ0v) is 10.7. The van der Waals surface area contributed by atoms with E-state index in [-0.39, 0.29) is 18.0 Å². The summed E-state index contributed by atoms with van der Waals surface area (Å²) in [6.45, 7) is 0.643. The number of nitro benzene ring substituents is 1. The van der Waals surface area contributed by atoms with Crippen LogP contribution in [0, 0.1) is 10.1 Å². The van der Waals surface area contributed by atoms with E-state index in [1.54, 1.807) is 18.5 Å². The van der Waals surface area contributed by atoms with Gasteiger partial charge in [0.25, 0.3) is 5.69 Å². The lowest BCUT2D eigenvalue weighted by Gasteiger charge is -2.04. The summed E-state index contributed by atoms with van der Waals surface area (Å²) in [6, 6.07) is 9.44. The molecule has 0 bridgehead atoms. The normalized spacial score (nSPS) is 10.2. The van der Waals surface area contributed by atoms with E-state index in [1.165, 1.54) is 18.2 Å². The van der Waals surface area contributed by atoms with Crippen molar-refractivity contribution in [3.05, 3.63) is 70.0 Å². The first-order valence-electron chi connectivity index (χ1n) is 6.04. The average Bonchev–Trinajstić information content (AvgIpc) is 2.48. The Bertz CT molecular complexity index is 614. The smallest absolute Gasteiger partial charge is 0.270 e. The molecule has 0 atom stereocenters. The second kappa shape index (κ2) is 6.53. The van der Waals surface area contributed by atoms with Crippen molar-refractivity contribution in [2.24, 2.45) is 0 Å². The minimum atomic E-state index is -0.514. The highest BCUT2D eigenvalue weighted by atomic mass is 16.6. The van der Waals surface area contributed by atoms with Crippen molar-refractivity contribution in [1.29, 1.82) is 0 Å². The Morgan fingerprint density at radius 2 is 2.15 bits per heavy atom. The van der Waals surface area contributed by atoms with Gasteiger partial charge in [-0.15, -0.1) is 0 Å². The molecule has 0 aliphatic rings. The van der Waals surface area contributed by atoms with Crippen LogP contribution in [0.4, 0.5) is 5.69 Å². The number of rotatable bonds is 6. The molecule has 0 spiro atoms. The van der Waals surface area contributed by atoms with E-state index in [0.29, 0.717) is 12.1 Å². The monoisotopic (exact) mass is 271 g/mol. The van der Waals surface area contributed by atoms with Gasteiger partial charge in [-0.2, -0.15) is 0 Å². The van der Waals surface area contributed by atoms with Crippen LogP contribution >= 0.6 is 0 Å². The Kier molecular flexibility index (Phi) is 4.52. The number of nitrogens with zero attached hydrogens (tertiary/aromatic N) is 2. The maximum Gasteiger partial charge on any atom is 0.270 e. The number of Topliss-reactive ketones (excluding diaryl/α,β-unsaturated/α-hetero) is 1. The number of nitrogens with one attached hydrogen (secondary N) is 1. The molecule has 0 saturated heterocycles. The summed E-state index contributed by atoms with van der Waals surface area (Å²) in [7, 11) is 0. The van der Waals surface area contributed by atoms with Crippen LogP contribution < -0.4 is 5.32 Å². The predicted octanol–water partition coefficient (Wildman–Crippen LogP) is 1.96. The highest BCUT2D eigenvalue weighted by molar-refractivity contribution is 5.98. The Hall–Kier alpha value is -2.60. The minimum absolute atomic E-state index is 0.0805. The first-order chi connectivity index (χ1) is 9.66. The van der Waals surface area contributed by atoms with Crippen LogP contribution in [0.15, 0.2) is 48.8 Å². The molecule has 6 nitrogen and oxygen atoms in total. The number of pyridine rings is 1. The maximum absolute atomic E-state index is 11.9. The van der Waals surface area contributed by atoms with Crippen molar-refractivity contribution in [3.8, 4) is 0 Å². The molecular weight excluding hydrogens is 258 g/mol. The minimum Gasteiger partial charge on any atom is -0.306 e. The van der Waals surface area contributed by atoms with E-state index in [4.69, 9.17) is 0 Å². The van der Waals surface area contributed by atoms with Crippen LogP contribution in [-0.2, 0) is 6.54 Å². The van der Waals surface area contributed by atoms with E-state index < -0.39 is 4.92 Å². The molecule has 2 aromatic rings. The Morgan fingerprint density at radius 1 is 1.30 bits per heavy atom. The van der Waals surface area contributed by atoms with Gasteiger partial charge in [-0.25, -0.2) is 0 Å². The van der Waals surface area contributed by atoms with Gasteiger partial charge in [-0.3, -0.25) is 19.9 Å². The first-order valence-corrected chi connectivity index (χ1v) is 6.04. The summed E-state index contributed by atoms with van der Waals surface area (Å²) < 4.78 is 0. The third kappa shape index (κ3) is 3.69. The van der Waals surface area contributed by atoms with E-state index in [2.05, 4.69) is 10.3 Å². The summed E-state index contributed by atoms with van der Waals surface area (Å²) in [5.74, 6) is -0.183. The number of carbonyl (C=O) groups is 1. The highest BCUT2D eigenvalue weighted by Crippen LogP contribution is 2.13. The molecule has 0 amide bonds. The molecular formula is C14H13N3O3. The third-order valence-corrected chi connectivity index (χ3v) is 2.72. The summed E-state index contributed by atoms with van der Waals surface area (Å²) in [6.07, 6.45) is 3.39. The molecule has 1 aromatic heterocycles. The molecule has 0 saturated carbocycles. The number of ketones is 1. The molecule has 0 aliphatic carbocycles. The first kappa shape index (κ1) is 13.8. The van der Waals surface area contributed by atoms with Gasteiger partial charge in [0, 0.05) is 36.6 Å². The van der Waals surface area contributed by atoms with Crippen molar-refractivity contribution < 1.29 is 9.72 Å². The zero-order chi connectivity index (χ0) is 14.4. The number of aromatic nitrogens is 1. The lowest BCUT2D eigenvalue weighted by molar-refractivity contribution is -0.384. The summed E-state index contributed by atoms with van der Waals surface area (Å²) in [4.78, 5) is 26.0. The fourth-order valence-corrected chi connectivity index (χ4v) is 1.72. The van der Waals surface area contributed by atoms with E-state index in [0.717, 1.165) is 5.56 Å². The van der Waals surface area contributed by atoms with Crippen LogP contribution in [-0.4, -0.2) is 22.2 Å². The van der Waals surface area contributed by atoms with Crippen molar-refractivity contribution in [1.82, 2.24) is 10.3 Å². The molecule has 0 radical (unpaired) electrons. The van der Waals surface area contributed by atoms with Gasteiger partial charge in [0.05, 0.1) is 11.5 Å². The van der Waals surface area contributed by atoms with E-state index in [9.17, 15) is 14.9 Å². The van der Waals surface area contributed by atoms with Crippen LogP contribution in [0.2, 0.25) is 0 Å². The number of carbonyl (C=O) groups excluding carboxylic acids is 1. The standard InChI is InChI=1S/C14H13N3O3/c18-14(10-16-9-11-3-2-6-15-8-11)12-4-1-5-13(7-12)17(19)20/h1-8,16H,9-10H2. The SMILES string of the molecule is O=C(CNCc1cccnc1)c1cccc([N+](=O)[O-])c1. The lowest BCUT2D eigenvalue weighted by atomic mass is 10.1. The molecule has 1 N–H and O–H groups in total. The lowest BCUT2D eigenvalue weighted by Crippen LogP contribution is -2.22. The number of hydrogen-bond donors (Lipinski definition) is 1. The van der Waals surface area contributed by atoms with E-state index >= 15 is 0 Å².